The van der Waals surface area contributed by atoms with Gasteiger partial charge >= 0.3 is 7.12 Å². The first-order valence-electron chi connectivity index (χ1n) is 11.5. The Morgan fingerprint density at radius 2 is 2.00 bits per heavy atom. The SMILES string of the molecule is Cc1cn2c(C(N)=O)cccc2c1-c1nc2c(c(NCc3cccc(B(O)O)c3)n1)CCN(C)C2. The van der Waals surface area contributed by atoms with Crippen LogP contribution < -0.4 is 16.5 Å². The minimum atomic E-state index is -1.51. The summed E-state index contributed by atoms with van der Waals surface area (Å²) in [4.78, 5) is 24.1. The van der Waals surface area contributed by atoms with E-state index in [9.17, 15) is 14.8 Å². The number of likely N-dealkylation sites (N-methyl/N-ethyl adjacent to an activating group) is 1. The number of amides is 1. The van der Waals surface area contributed by atoms with Crippen molar-refractivity contribution in [3.63, 3.8) is 0 Å². The van der Waals surface area contributed by atoms with Crippen LogP contribution in [0.3, 0.4) is 0 Å². The second kappa shape index (κ2) is 9.14. The van der Waals surface area contributed by atoms with Gasteiger partial charge in [0.25, 0.3) is 5.91 Å². The van der Waals surface area contributed by atoms with Gasteiger partial charge in [-0.05, 0) is 49.1 Å². The van der Waals surface area contributed by atoms with E-state index in [0.717, 1.165) is 52.2 Å². The zero-order valence-electron chi connectivity index (χ0n) is 19.7. The fraction of sp³-hybridized carbons (Fsp3) is 0.240. The smallest absolute Gasteiger partial charge is 0.423 e. The molecule has 0 atom stereocenters. The molecule has 3 aromatic heterocycles. The average molecular weight is 470 g/mol. The number of primary amides is 1. The number of aromatic nitrogens is 3. The van der Waals surface area contributed by atoms with Crippen molar-refractivity contribution in [3.8, 4) is 11.4 Å². The molecule has 0 spiro atoms. The van der Waals surface area contributed by atoms with Gasteiger partial charge in [-0.3, -0.25) is 4.79 Å². The van der Waals surface area contributed by atoms with Gasteiger partial charge in [-0.1, -0.05) is 30.3 Å². The third-order valence-corrected chi connectivity index (χ3v) is 6.44. The zero-order chi connectivity index (χ0) is 24.7. The van der Waals surface area contributed by atoms with Crippen molar-refractivity contribution in [2.45, 2.75) is 26.4 Å². The van der Waals surface area contributed by atoms with Gasteiger partial charge < -0.3 is 30.4 Å². The molecule has 5 N–H and O–H groups in total. The molecule has 1 amide bonds. The molecule has 0 saturated heterocycles. The maximum absolute atomic E-state index is 12.0. The van der Waals surface area contributed by atoms with E-state index in [1.807, 2.05) is 31.3 Å². The first-order valence-corrected chi connectivity index (χ1v) is 11.5. The second-order valence-electron chi connectivity index (χ2n) is 9.00. The van der Waals surface area contributed by atoms with Gasteiger partial charge in [-0.2, -0.15) is 0 Å². The van der Waals surface area contributed by atoms with Crippen LogP contribution >= 0.6 is 0 Å². The molecule has 1 aliphatic rings. The molecule has 0 saturated carbocycles. The largest absolute Gasteiger partial charge is 0.488 e. The van der Waals surface area contributed by atoms with E-state index < -0.39 is 13.0 Å². The summed E-state index contributed by atoms with van der Waals surface area (Å²) in [5.74, 6) is 0.850. The number of aryl methyl sites for hydroxylation is 1. The number of nitrogens with one attached hydrogen (secondary N) is 1. The van der Waals surface area contributed by atoms with E-state index >= 15 is 0 Å². The van der Waals surface area contributed by atoms with Gasteiger partial charge in [-0.15, -0.1) is 0 Å². The summed E-state index contributed by atoms with van der Waals surface area (Å²) in [6.45, 7) is 4.07. The molecule has 1 aliphatic heterocycles. The third-order valence-electron chi connectivity index (χ3n) is 6.44. The van der Waals surface area contributed by atoms with Crippen LogP contribution in [-0.4, -0.2) is 55.9 Å². The summed E-state index contributed by atoms with van der Waals surface area (Å²) in [5.41, 5.74) is 12.0. The summed E-state index contributed by atoms with van der Waals surface area (Å²) < 4.78 is 1.79. The van der Waals surface area contributed by atoms with Crippen LogP contribution in [0.15, 0.2) is 48.7 Å². The summed E-state index contributed by atoms with van der Waals surface area (Å²) in [5, 5.41) is 22.5. The van der Waals surface area contributed by atoms with Gasteiger partial charge in [0.15, 0.2) is 5.82 Å². The number of benzene rings is 1. The number of anilines is 1. The molecule has 0 bridgehead atoms. The molecule has 1 aromatic carbocycles. The van der Waals surface area contributed by atoms with E-state index in [1.165, 1.54) is 0 Å². The number of nitrogens with two attached hydrogens (primary N) is 1. The van der Waals surface area contributed by atoms with Gasteiger partial charge in [0.2, 0.25) is 0 Å². The summed E-state index contributed by atoms with van der Waals surface area (Å²) in [7, 11) is 0.557. The molecule has 4 aromatic rings. The monoisotopic (exact) mass is 470 g/mol. The normalized spacial score (nSPS) is 13.6. The number of nitrogens with zero attached hydrogens (tertiary/aromatic N) is 4. The predicted molar refractivity (Wildman–Crippen MR) is 135 cm³/mol. The van der Waals surface area contributed by atoms with Crippen molar-refractivity contribution in [1.29, 1.82) is 0 Å². The number of rotatable bonds is 6. The molecule has 178 valence electrons. The summed E-state index contributed by atoms with van der Waals surface area (Å²) in [6, 6.07) is 12.6. The van der Waals surface area contributed by atoms with Gasteiger partial charge in [0.05, 0.1) is 11.2 Å². The molecule has 0 radical (unpaired) electrons. The van der Waals surface area contributed by atoms with Crippen molar-refractivity contribution >= 4 is 29.8 Å². The highest BCUT2D eigenvalue weighted by molar-refractivity contribution is 6.58. The van der Waals surface area contributed by atoms with Crippen LogP contribution in [0, 0.1) is 6.92 Å². The molecule has 35 heavy (non-hydrogen) atoms. The lowest BCUT2D eigenvalue weighted by atomic mass is 9.79. The average Bonchev–Trinajstić information content (AvgIpc) is 3.17. The number of hydrogen-bond donors (Lipinski definition) is 4. The first-order chi connectivity index (χ1) is 16.8. The van der Waals surface area contributed by atoms with E-state index in [1.54, 1.807) is 28.7 Å². The molecule has 0 aliphatic carbocycles. The molecule has 4 heterocycles. The van der Waals surface area contributed by atoms with Crippen LogP contribution in [0.2, 0.25) is 0 Å². The fourth-order valence-electron chi connectivity index (χ4n) is 4.68. The lowest BCUT2D eigenvalue weighted by molar-refractivity contribution is 0.0994. The highest BCUT2D eigenvalue weighted by Gasteiger charge is 2.23. The number of hydrogen-bond acceptors (Lipinski definition) is 7. The first kappa shape index (κ1) is 23.0. The Bertz CT molecular complexity index is 1430. The summed E-state index contributed by atoms with van der Waals surface area (Å²) >= 11 is 0. The van der Waals surface area contributed by atoms with E-state index in [4.69, 9.17) is 15.7 Å². The lowest BCUT2D eigenvalue weighted by Crippen LogP contribution is -2.30. The van der Waals surface area contributed by atoms with Crippen LogP contribution in [0.1, 0.15) is 32.9 Å². The number of carbonyl (C=O) groups is 1. The highest BCUT2D eigenvalue weighted by Crippen LogP contribution is 2.32. The maximum Gasteiger partial charge on any atom is 0.488 e. The Labute approximate surface area is 203 Å². The lowest BCUT2D eigenvalue weighted by Gasteiger charge is -2.26. The quantitative estimate of drug-likeness (QED) is 0.311. The van der Waals surface area contributed by atoms with Crippen molar-refractivity contribution in [1.82, 2.24) is 19.3 Å². The molecule has 10 heteroatoms. The highest BCUT2D eigenvalue weighted by atomic mass is 16.4. The Morgan fingerprint density at radius 3 is 2.77 bits per heavy atom. The van der Waals surface area contributed by atoms with Crippen LogP contribution in [0.25, 0.3) is 16.9 Å². The van der Waals surface area contributed by atoms with Gasteiger partial charge in [0.1, 0.15) is 11.5 Å². The molecular formula is C25H27BN6O3. The fourth-order valence-corrected chi connectivity index (χ4v) is 4.68. The Morgan fingerprint density at radius 1 is 1.20 bits per heavy atom. The van der Waals surface area contributed by atoms with Crippen molar-refractivity contribution in [2.24, 2.45) is 5.73 Å². The maximum atomic E-state index is 12.0. The topological polar surface area (TPSA) is 129 Å². The van der Waals surface area contributed by atoms with Crippen LogP contribution in [0.4, 0.5) is 5.82 Å². The minimum absolute atomic E-state index is 0.402. The number of fused-ring (bicyclic) bond motifs is 2. The Kier molecular flexibility index (Phi) is 6.02. The standard InChI is InChI=1S/C25H27BN6O3/c1-15-13-32-20(7-4-8-21(32)23(27)33)22(15)25-29-19-14-31(2)10-9-18(19)24(30-25)28-12-16-5-3-6-17(11-16)26(34)35/h3-8,11,13,34-35H,9-10,12,14H2,1-2H3,(H2,27,33)(H,28,29,30). The van der Waals surface area contributed by atoms with Gasteiger partial charge in [-0.25, -0.2) is 9.97 Å². The van der Waals surface area contributed by atoms with Crippen LogP contribution in [-0.2, 0) is 19.5 Å². The van der Waals surface area contributed by atoms with Crippen molar-refractivity contribution in [3.05, 3.63) is 76.7 Å². The number of pyridine rings is 1. The molecule has 9 nitrogen and oxygen atoms in total. The van der Waals surface area contributed by atoms with E-state index in [-0.39, 0.29) is 0 Å². The second-order valence-corrected chi connectivity index (χ2v) is 9.00. The van der Waals surface area contributed by atoms with E-state index in [2.05, 4.69) is 17.3 Å². The zero-order valence-corrected chi connectivity index (χ0v) is 19.7. The Balaban J connectivity index is 1.59. The minimum Gasteiger partial charge on any atom is -0.423 e. The van der Waals surface area contributed by atoms with Crippen molar-refractivity contribution < 1.29 is 14.8 Å². The summed E-state index contributed by atoms with van der Waals surface area (Å²) in [6.07, 6.45) is 2.71. The third kappa shape index (κ3) is 4.39. The molecule has 0 unspecified atom stereocenters. The molecule has 0 fully saturated rings. The Hall–Kier alpha value is -3.73. The van der Waals surface area contributed by atoms with E-state index in [0.29, 0.717) is 30.1 Å². The number of carbonyl (C=O) groups excluding carboxylic acids is 1. The van der Waals surface area contributed by atoms with Gasteiger partial charge in [0, 0.05) is 37.0 Å². The predicted octanol–water partition coefficient (Wildman–Crippen LogP) is 1.08. The van der Waals surface area contributed by atoms with Crippen molar-refractivity contribution in [2.75, 3.05) is 18.9 Å². The van der Waals surface area contributed by atoms with Crippen LogP contribution in [0.5, 0.6) is 0 Å². The molecule has 5 rings (SSSR count). The molecular weight excluding hydrogens is 443 g/mol.